The maximum atomic E-state index is 12.4. The van der Waals surface area contributed by atoms with Gasteiger partial charge >= 0.3 is 6.18 Å². The zero-order chi connectivity index (χ0) is 14.8. The van der Waals surface area contributed by atoms with Crippen LogP contribution in [0.25, 0.3) is 0 Å². The van der Waals surface area contributed by atoms with Crippen LogP contribution in [0, 0.1) is 6.92 Å². The Hall–Kier alpha value is -0.640. The molecule has 1 aromatic heterocycles. The molecule has 0 bridgehead atoms. The van der Waals surface area contributed by atoms with E-state index in [9.17, 15) is 21.6 Å². The quantitative estimate of drug-likeness (QED) is 0.904. The lowest BCUT2D eigenvalue weighted by Crippen LogP contribution is -2.38. The van der Waals surface area contributed by atoms with Gasteiger partial charge in [0.2, 0.25) is 10.0 Å². The Bertz CT molecular complexity index is 537. The van der Waals surface area contributed by atoms with Crippen LogP contribution in [0.3, 0.4) is 0 Å². The van der Waals surface area contributed by atoms with Crippen LogP contribution in [0.15, 0.2) is 11.0 Å². The predicted molar refractivity (Wildman–Crippen MR) is 67.4 cm³/mol. The molecule has 1 heterocycles. The Kier molecular flexibility index (Phi) is 4.99. The van der Waals surface area contributed by atoms with Crippen LogP contribution in [-0.2, 0) is 16.6 Å². The summed E-state index contributed by atoms with van der Waals surface area (Å²) in [4.78, 5) is 0.976. The zero-order valence-corrected chi connectivity index (χ0v) is 12.1. The lowest BCUT2D eigenvalue weighted by atomic mass is 10.4. The first kappa shape index (κ1) is 16.4. The maximum Gasteiger partial charge on any atom is 0.402 e. The molecular weight excluding hydrogens is 301 g/mol. The minimum atomic E-state index is -4.57. The topological polar surface area (TPSA) is 63.4 Å². The molecule has 0 aliphatic carbocycles. The molecule has 0 unspecified atom stereocenters. The van der Waals surface area contributed by atoms with Crippen molar-refractivity contribution in [1.82, 2.24) is 4.31 Å². The Balaban J connectivity index is 3.17. The molecule has 0 aliphatic rings. The first-order valence-corrected chi connectivity index (χ1v) is 7.73. The highest BCUT2D eigenvalue weighted by molar-refractivity contribution is 7.89. The van der Waals surface area contributed by atoms with E-state index in [0.717, 1.165) is 0 Å². The first-order chi connectivity index (χ1) is 8.61. The van der Waals surface area contributed by atoms with Crippen molar-refractivity contribution in [3.8, 4) is 0 Å². The summed E-state index contributed by atoms with van der Waals surface area (Å²) < 4.78 is 61.9. The van der Waals surface area contributed by atoms with Crippen LogP contribution in [0.4, 0.5) is 13.2 Å². The SMILES string of the molecule is CCN(CC(F)(F)F)S(=O)(=O)c1cc(CN)sc1C. The van der Waals surface area contributed by atoms with E-state index >= 15 is 0 Å². The molecule has 0 radical (unpaired) electrons. The third-order valence-corrected chi connectivity index (χ3v) is 5.70. The molecule has 0 aliphatic heterocycles. The van der Waals surface area contributed by atoms with Crippen molar-refractivity contribution in [2.45, 2.75) is 31.5 Å². The van der Waals surface area contributed by atoms with E-state index in [2.05, 4.69) is 0 Å². The number of thiophene rings is 1. The largest absolute Gasteiger partial charge is 0.402 e. The summed E-state index contributed by atoms with van der Waals surface area (Å²) in [6.07, 6.45) is -4.57. The molecule has 4 nitrogen and oxygen atoms in total. The number of rotatable bonds is 5. The van der Waals surface area contributed by atoms with Crippen LogP contribution < -0.4 is 5.73 Å². The van der Waals surface area contributed by atoms with Gasteiger partial charge in [0.1, 0.15) is 6.54 Å². The second-order valence-electron chi connectivity index (χ2n) is 3.88. The first-order valence-electron chi connectivity index (χ1n) is 5.48. The van der Waals surface area contributed by atoms with Crippen LogP contribution in [0.1, 0.15) is 16.7 Å². The van der Waals surface area contributed by atoms with E-state index in [1.165, 1.54) is 24.3 Å². The molecule has 0 aromatic carbocycles. The number of sulfonamides is 1. The van der Waals surface area contributed by atoms with Gasteiger partial charge < -0.3 is 5.73 Å². The highest BCUT2D eigenvalue weighted by atomic mass is 32.2. The molecule has 0 atom stereocenters. The van der Waals surface area contributed by atoms with Gasteiger partial charge in [0, 0.05) is 22.8 Å². The van der Waals surface area contributed by atoms with E-state index < -0.39 is 22.7 Å². The normalized spacial score (nSPS) is 13.2. The summed E-state index contributed by atoms with van der Waals surface area (Å²) in [5.74, 6) is 0. The number of halogens is 3. The van der Waals surface area contributed by atoms with E-state index in [-0.39, 0.29) is 18.0 Å². The number of aryl methyl sites for hydroxylation is 1. The van der Waals surface area contributed by atoms with Gasteiger partial charge in [-0.1, -0.05) is 6.92 Å². The maximum absolute atomic E-state index is 12.4. The zero-order valence-electron chi connectivity index (χ0n) is 10.5. The summed E-state index contributed by atoms with van der Waals surface area (Å²) in [6, 6.07) is 1.34. The van der Waals surface area contributed by atoms with E-state index in [1.807, 2.05) is 0 Å². The van der Waals surface area contributed by atoms with Crippen molar-refractivity contribution in [2.24, 2.45) is 5.73 Å². The van der Waals surface area contributed by atoms with Gasteiger partial charge in [-0.05, 0) is 13.0 Å². The Morgan fingerprint density at radius 1 is 1.42 bits per heavy atom. The van der Waals surface area contributed by atoms with Crippen molar-refractivity contribution >= 4 is 21.4 Å². The van der Waals surface area contributed by atoms with Crippen molar-refractivity contribution in [3.05, 3.63) is 15.8 Å². The molecule has 0 saturated carbocycles. The van der Waals surface area contributed by atoms with Gasteiger partial charge in [0.25, 0.3) is 0 Å². The van der Waals surface area contributed by atoms with Gasteiger partial charge in [-0.3, -0.25) is 0 Å². The fourth-order valence-corrected chi connectivity index (χ4v) is 4.50. The summed E-state index contributed by atoms with van der Waals surface area (Å²) in [5.41, 5.74) is 5.41. The standard InChI is InChI=1S/C10H15F3N2O2S2/c1-3-15(6-10(11,12)13)19(16,17)9-4-8(5-14)18-7(9)2/h4H,3,5-6,14H2,1-2H3. The Morgan fingerprint density at radius 3 is 2.37 bits per heavy atom. The molecule has 1 aromatic rings. The average molecular weight is 316 g/mol. The number of nitrogens with zero attached hydrogens (tertiary/aromatic N) is 1. The van der Waals surface area contributed by atoms with Crippen LogP contribution >= 0.6 is 11.3 Å². The van der Waals surface area contributed by atoms with Crippen molar-refractivity contribution in [2.75, 3.05) is 13.1 Å². The summed E-state index contributed by atoms with van der Waals surface area (Å²) >= 11 is 1.18. The smallest absolute Gasteiger partial charge is 0.326 e. The van der Waals surface area contributed by atoms with Gasteiger partial charge in [-0.15, -0.1) is 11.3 Å². The molecule has 19 heavy (non-hydrogen) atoms. The number of nitrogens with two attached hydrogens (primary N) is 1. The van der Waals surface area contributed by atoms with Gasteiger partial charge in [-0.2, -0.15) is 17.5 Å². The monoisotopic (exact) mass is 316 g/mol. The second-order valence-corrected chi connectivity index (χ2v) is 7.13. The molecule has 2 N–H and O–H groups in total. The van der Waals surface area contributed by atoms with Crippen LogP contribution in [0.5, 0.6) is 0 Å². The highest BCUT2D eigenvalue weighted by Gasteiger charge is 2.37. The van der Waals surface area contributed by atoms with Crippen molar-refractivity contribution in [3.63, 3.8) is 0 Å². The highest BCUT2D eigenvalue weighted by Crippen LogP contribution is 2.29. The summed E-state index contributed by atoms with van der Waals surface area (Å²) in [6.45, 7) is 1.35. The minimum absolute atomic E-state index is 0.0935. The molecular formula is C10H15F3N2O2S2. The molecule has 0 fully saturated rings. The Morgan fingerprint density at radius 2 is 2.00 bits per heavy atom. The molecule has 0 amide bonds. The molecule has 0 saturated heterocycles. The fraction of sp³-hybridized carbons (Fsp3) is 0.600. The molecule has 9 heteroatoms. The Labute approximate surface area is 114 Å². The number of alkyl halides is 3. The third-order valence-electron chi connectivity index (χ3n) is 2.45. The van der Waals surface area contributed by atoms with Crippen molar-refractivity contribution < 1.29 is 21.6 Å². The van der Waals surface area contributed by atoms with Gasteiger partial charge in [-0.25, -0.2) is 8.42 Å². The van der Waals surface area contributed by atoms with Crippen LogP contribution in [0.2, 0.25) is 0 Å². The average Bonchev–Trinajstić information content (AvgIpc) is 2.66. The van der Waals surface area contributed by atoms with Crippen molar-refractivity contribution in [1.29, 1.82) is 0 Å². The fourth-order valence-electron chi connectivity index (χ4n) is 1.59. The van der Waals surface area contributed by atoms with Crippen LogP contribution in [-0.4, -0.2) is 32.0 Å². The molecule has 1 rings (SSSR count). The molecule has 0 spiro atoms. The lowest BCUT2D eigenvalue weighted by Gasteiger charge is -2.21. The minimum Gasteiger partial charge on any atom is -0.326 e. The van der Waals surface area contributed by atoms with E-state index in [4.69, 9.17) is 5.73 Å². The van der Waals surface area contributed by atoms with E-state index in [1.54, 1.807) is 6.92 Å². The number of hydrogen-bond acceptors (Lipinski definition) is 4. The summed E-state index contributed by atoms with van der Waals surface area (Å²) in [5, 5.41) is 0. The lowest BCUT2D eigenvalue weighted by molar-refractivity contribution is -0.135. The summed E-state index contributed by atoms with van der Waals surface area (Å²) in [7, 11) is -4.14. The van der Waals surface area contributed by atoms with Gasteiger partial charge in [0.05, 0.1) is 4.90 Å². The second kappa shape index (κ2) is 5.78. The van der Waals surface area contributed by atoms with Gasteiger partial charge in [0.15, 0.2) is 0 Å². The molecule has 110 valence electrons. The predicted octanol–water partition coefficient (Wildman–Crippen LogP) is 2.09. The van der Waals surface area contributed by atoms with E-state index in [0.29, 0.717) is 14.1 Å². The number of hydrogen-bond donors (Lipinski definition) is 1. The third kappa shape index (κ3) is 3.91.